The molecule has 1 amide bonds. The largest absolute Gasteiger partial charge is 0.369 e. The van der Waals surface area contributed by atoms with Crippen molar-refractivity contribution in [3.05, 3.63) is 47.5 Å². The topological polar surface area (TPSA) is 123 Å². The molecule has 0 radical (unpaired) electrons. The van der Waals surface area contributed by atoms with E-state index in [1.54, 1.807) is 16.7 Å². The third-order valence-electron chi connectivity index (χ3n) is 6.47. The Morgan fingerprint density at radius 3 is 2.80 bits per heavy atom. The van der Waals surface area contributed by atoms with Crippen LogP contribution in [0.5, 0.6) is 0 Å². The van der Waals surface area contributed by atoms with Crippen LogP contribution >= 0.6 is 11.3 Å². The van der Waals surface area contributed by atoms with Gasteiger partial charge in [-0.25, -0.2) is 22.7 Å². The fraction of sp³-hybridized carbons (Fsp3) is 0.435. The zero-order valence-corrected chi connectivity index (χ0v) is 21.2. The lowest BCUT2D eigenvalue weighted by atomic mass is 9.97. The van der Waals surface area contributed by atoms with Crippen LogP contribution in [0.25, 0.3) is 10.6 Å². The van der Waals surface area contributed by atoms with Gasteiger partial charge in [-0.05, 0) is 31.0 Å². The highest BCUT2D eigenvalue weighted by molar-refractivity contribution is 7.88. The number of nitrogens with one attached hydrogen (secondary N) is 3. The Morgan fingerprint density at radius 1 is 1.23 bits per heavy atom. The lowest BCUT2D eigenvalue weighted by molar-refractivity contribution is 0.101. The summed E-state index contributed by atoms with van der Waals surface area (Å²) in [4.78, 5) is 26.9. The average molecular weight is 516 g/mol. The molecule has 1 aromatic carbocycles. The molecule has 1 atom stereocenters. The number of anilines is 2. The molecule has 5 rings (SSSR count). The van der Waals surface area contributed by atoms with Gasteiger partial charge in [0, 0.05) is 74.2 Å². The Hall–Kier alpha value is -2.80. The van der Waals surface area contributed by atoms with Crippen molar-refractivity contribution in [2.24, 2.45) is 0 Å². The van der Waals surface area contributed by atoms with Crippen LogP contribution in [0.1, 0.15) is 35.1 Å². The maximum Gasteiger partial charge on any atom is 0.291 e. The highest BCUT2D eigenvalue weighted by Gasteiger charge is 2.28. The van der Waals surface area contributed by atoms with Crippen molar-refractivity contribution in [3.63, 3.8) is 0 Å². The van der Waals surface area contributed by atoms with E-state index in [0.717, 1.165) is 61.0 Å². The van der Waals surface area contributed by atoms with Gasteiger partial charge in [0.05, 0.1) is 17.6 Å². The number of benzene rings is 1. The number of carbonyl (C=O) groups excluding carboxylic acids is 1. The first kappa shape index (κ1) is 23.9. The number of H-pyrrole nitrogens is 1. The van der Waals surface area contributed by atoms with E-state index >= 15 is 0 Å². The Kier molecular flexibility index (Phi) is 6.87. The van der Waals surface area contributed by atoms with Gasteiger partial charge in [-0.3, -0.25) is 4.79 Å². The summed E-state index contributed by atoms with van der Waals surface area (Å²) in [6.45, 7) is 4.67. The molecule has 2 fully saturated rings. The summed E-state index contributed by atoms with van der Waals surface area (Å²) in [5.41, 5.74) is 3.48. The van der Waals surface area contributed by atoms with Crippen molar-refractivity contribution < 1.29 is 13.2 Å². The third kappa shape index (κ3) is 5.40. The van der Waals surface area contributed by atoms with Crippen LogP contribution in [0.2, 0.25) is 0 Å². The number of aromatic amines is 1. The van der Waals surface area contributed by atoms with Crippen LogP contribution in [0.4, 0.5) is 11.4 Å². The number of aromatic nitrogens is 3. The summed E-state index contributed by atoms with van der Waals surface area (Å²) in [5.74, 6) is -0.0231. The number of piperazine rings is 1. The van der Waals surface area contributed by atoms with Gasteiger partial charge in [0.2, 0.25) is 10.0 Å². The molecule has 0 saturated carbocycles. The molecule has 0 bridgehead atoms. The molecule has 3 N–H and O–H groups in total. The molecule has 0 unspecified atom stereocenters. The quantitative estimate of drug-likeness (QED) is 0.460. The number of rotatable bonds is 6. The van der Waals surface area contributed by atoms with Crippen molar-refractivity contribution in [2.45, 2.75) is 18.8 Å². The molecule has 0 aliphatic carbocycles. The van der Waals surface area contributed by atoms with Crippen molar-refractivity contribution in [2.75, 3.05) is 55.7 Å². The van der Waals surface area contributed by atoms with Crippen LogP contribution in [0.15, 0.2) is 36.0 Å². The second kappa shape index (κ2) is 10.1. The Labute approximate surface area is 208 Å². The van der Waals surface area contributed by atoms with Crippen LogP contribution in [-0.4, -0.2) is 79.1 Å². The van der Waals surface area contributed by atoms with Gasteiger partial charge in [-0.2, -0.15) is 0 Å². The van der Waals surface area contributed by atoms with E-state index in [9.17, 15) is 13.2 Å². The number of nitrogens with zero attached hydrogens (tertiary/aromatic N) is 4. The smallest absolute Gasteiger partial charge is 0.291 e. The van der Waals surface area contributed by atoms with E-state index in [-0.39, 0.29) is 17.6 Å². The Balaban J connectivity index is 1.46. The minimum atomic E-state index is -3.23. The first-order valence-corrected chi connectivity index (χ1v) is 14.4. The molecule has 0 spiro atoms. The first-order valence-electron chi connectivity index (χ1n) is 11.7. The maximum absolute atomic E-state index is 12.7. The third-order valence-corrected chi connectivity index (χ3v) is 8.63. The average Bonchev–Trinajstić information content (AvgIpc) is 3.57. The molecule has 2 saturated heterocycles. The zero-order chi connectivity index (χ0) is 24.4. The summed E-state index contributed by atoms with van der Waals surface area (Å²) in [7, 11) is -3.23. The molecule has 186 valence electrons. The van der Waals surface area contributed by atoms with Crippen LogP contribution < -0.4 is 15.5 Å². The number of imidazole rings is 1. The molecule has 10 nitrogen and oxygen atoms in total. The van der Waals surface area contributed by atoms with E-state index in [1.807, 2.05) is 17.5 Å². The van der Waals surface area contributed by atoms with Crippen molar-refractivity contribution in [1.29, 1.82) is 0 Å². The van der Waals surface area contributed by atoms with Crippen molar-refractivity contribution in [3.8, 4) is 10.6 Å². The van der Waals surface area contributed by atoms with Crippen LogP contribution in [-0.2, 0) is 10.0 Å². The van der Waals surface area contributed by atoms with Crippen LogP contribution in [0.3, 0.4) is 0 Å². The molecule has 35 heavy (non-hydrogen) atoms. The summed E-state index contributed by atoms with van der Waals surface area (Å²) >= 11 is 1.51. The predicted octanol–water partition coefficient (Wildman–Crippen LogP) is 2.33. The number of carbonyl (C=O) groups is 1. The van der Waals surface area contributed by atoms with Crippen molar-refractivity contribution >= 4 is 38.6 Å². The number of hydrogen-bond donors (Lipinski definition) is 3. The summed E-state index contributed by atoms with van der Waals surface area (Å²) in [6.07, 6.45) is 6.13. The maximum atomic E-state index is 12.7. The minimum Gasteiger partial charge on any atom is -0.369 e. The second-order valence-corrected chi connectivity index (χ2v) is 11.7. The predicted molar refractivity (Wildman–Crippen MR) is 138 cm³/mol. The Morgan fingerprint density at radius 2 is 2.06 bits per heavy atom. The lowest BCUT2D eigenvalue weighted by Crippen LogP contribution is -2.43. The summed E-state index contributed by atoms with van der Waals surface area (Å²) < 4.78 is 25.7. The first-order chi connectivity index (χ1) is 16.9. The molecule has 2 aliphatic rings. The van der Waals surface area contributed by atoms with Gasteiger partial charge in [0.1, 0.15) is 5.01 Å². The van der Waals surface area contributed by atoms with Gasteiger partial charge >= 0.3 is 0 Å². The molecule has 2 aromatic heterocycles. The van der Waals surface area contributed by atoms with E-state index in [0.29, 0.717) is 18.8 Å². The second-order valence-electron chi connectivity index (χ2n) is 8.90. The zero-order valence-electron chi connectivity index (χ0n) is 19.5. The molecule has 2 aliphatic heterocycles. The number of hydrogen-bond acceptors (Lipinski definition) is 8. The molecular formula is C23H29N7O3S2. The van der Waals surface area contributed by atoms with E-state index < -0.39 is 10.0 Å². The summed E-state index contributed by atoms with van der Waals surface area (Å²) in [6, 6.07) is 6.02. The van der Waals surface area contributed by atoms with Gasteiger partial charge in [-0.1, -0.05) is 0 Å². The van der Waals surface area contributed by atoms with E-state index in [1.165, 1.54) is 17.6 Å². The highest BCUT2D eigenvalue weighted by atomic mass is 32.2. The highest BCUT2D eigenvalue weighted by Crippen LogP contribution is 2.37. The molecule has 3 aromatic rings. The SMILES string of the molecule is CS(=O)(=O)N1CCC[C@H](c2csc(-c3cc(N4CCNCC4)ccc3NC(=O)c3ncc[nH]3)n2)C1. The Bertz CT molecular complexity index is 1280. The number of thiazole rings is 1. The standard InChI is InChI=1S/C23H29N7O3S2/c1-35(32,33)30-10-2-3-16(14-30)20-15-34-23(28-20)18-13-17(29-11-8-24-9-12-29)4-5-19(18)27-22(31)21-25-6-7-26-21/h4-7,13,15-16,24H,2-3,8-12,14H2,1H3,(H,25,26)(H,27,31)/t16-/m0/s1. The fourth-order valence-corrected chi connectivity index (χ4v) is 6.43. The number of sulfonamides is 1. The van der Waals surface area contributed by atoms with Gasteiger partial charge < -0.3 is 20.5 Å². The molecule has 4 heterocycles. The lowest BCUT2D eigenvalue weighted by Gasteiger charge is -2.30. The minimum absolute atomic E-state index is 0.0565. The molecule has 12 heteroatoms. The normalized spacial score (nSPS) is 19.6. The van der Waals surface area contributed by atoms with Gasteiger partial charge in [0.25, 0.3) is 5.91 Å². The van der Waals surface area contributed by atoms with Crippen molar-refractivity contribution in [1.82, 2.24) is 24.6 Å². The van der Waals surface area contributed by atoms with E-state index in [4.69, 9.17) is 4.98 Å². The number of piperidine rings is 1. The van der Waals surface area contributed by atoms with Gasteiger partial charge in [-0.15, -0.1) is 11.3 Å². The van der Waals surface area contributed by atoms with E-state index in [2.05, 4.69) is 31.6 Å². The molecular weight excluding hydrogens is 486 g/mol. The number of amides is 1. The van der Waals surface area contributed by atoms with Crippen LogP contribution in [0, 0.1) is 0 Å². The van der Waals surface area contributed by atoms with Gasteiger partial charge in [0.15, 0.2) is 5.82 Å². The fourth-order valence-electron chi connectivity index (χ4n) is 4.59. The summed E-state index contributed by atoms with van der Waals surface area (Å²) in [5, 5.41) is 9.15. The monoisotopic (exact) mass is 515 g/mol.